The third-order valence-corrected chi connectivity index (χ3v) is 0. The van der Waals surface area contributed by atoms with Gasteiger partial charge in [0, 0.05) is 0 Å². The molecule has 0 aromatic carbocycles. The quantitative estimate of drug-likeness (QED) is 0.384. The van der Waals surface area contributed by atoms with Crippen molar-refractivity contribution in [2.45, 2.75) is 0 Å². The molecule has 0 aromatic rings. The average Bonchev–Trinajstić information content (AvgIpc) is 0.811. The first-order valence-corrected chi connectivity index (χ1v) is 0.612. The Morgan fingerprint density at radius 2 is 1.29 bits per heavy atom. The zero-order valence-electron chi connectivity index (χ0n) is 3.38. The van der Waals surface area contributed by atoms with E-state index in [1.54, 1.807) is 0 Å². The molecule has 0 amide bonds. The molecule has 0 spiro atoms. The Morgan fingerprint density at radius 3 is 1.29 bits per heavy atom. The number of carbonyl (C=O) groups excluding carboxylic acids is 1. The van der Waals surface area contributed by atoms with Crippen molar-refractivity contribution < 1.29 is 133 Å². The van der Waals surface area contributed by atoms with Crippen LogP contribution >= 0.6 is 0 Å². The normalized spacial score (nSPS) is 3.43. The van der Waals surface area contributed by atoms with Crippen LogP contribution in [-0.4, -0.2) is 6.16 Å². The minimum atomic E-state index is -2.33. The fourth-order valence-electron chi connectivity index (χ4n) is 0. The Bertz CT molecular complexity index is 37.9. The minimum absolute atomic E-state index is 0. The molecule has 25 valence electrons. The molecule has 0 N–H and O–H groups in total. The zero-order valence-corrected chi connectivity index (χ0v) is 13.9. The molecule has 0 atom stereocenters. The molecule has 0 saturated heterocycles. The van der Waals surface area contributed by atoms with Crippen molar-refractivity contribution in [3.05, 3.63) is 0 Å². The molecule has 0 fully saturated rings. The van der Waals surface area contributed by atoms with Gasteiger partial charge in [-0.1, -0.05) is 0 Å². The van der Waals surface area contributed by atoms with Gasteiger partial charge in [-0.15, -0.1) is 0 Å². The molecule has 0 unspecified atom stereocenters. The van der Waals surface area contributed by atoms with E-state index in [2.05, 4.69) is 0 Å². The molecular formula is CLaNdO3Pr+7. The molecule has 7 heavy (non-hydrogen) atoms. The topological polar surface area (TPSA) is 63.2 Å². The maximum Gasteiger partial charge on any atom is 3.00 e. The summed E-state index contributed by atoms with van der Waals surface area (Å²) in [6, 6.07) is 0. The molecule has 0 aliphatic heterocycles. The molecule has 6 heteroatoms. The van der Waals surface area contributed by atoms with Crippen LogP contribution in [0.25, 0.3) is 0 Å². The maximum absolute atomic E-state index is 8.33. The van der Waals surface area contributed by atoms with Gasteiger partial charge in [0.15, 0.2) is 0 Å². The zero-order chi connectivity index (χ0) is 3.58. The SMILES string of the molecule is O=C([O-])[O-].[La+3].[Nd+3].[Pr+3]. The van der Waals surface area contributed by atoms with E-state index in [4.69, 9.17) is 15.0 Å². The largest absolute Gasteiger partial charge is 3.00 e. The van der Waals surface area contributed by atoms with Crippen LogP contribution in [0.2, 0.25) is 0 Å². The summed E-state index contributed by atoms with van der Waals surface area (Å²) < 4.78 is 0. The van der Waals surface area contributed by atoms with Crippen LogP contribution in [0.5, 0.6) is 0 Å². The van der Waals surface area contributed by atoms with Gasteiger partial charge in [-0.3, -0.25) is 0 Å². The third-order valence-electron chi connectivity index (χ3n) is 0. The van der Waals surface area contributed by atoms with Crippen LogP contribution in [-0.2, 0) is 0 Å². The Kier molecular flexibility index (Phi) is 51.6. The van der Waals surface area contributed by atoms with Crippen LogP contribution in [0.15, 0.2) is 0 Å². The second-order valence-electron chi connectivity index (χ2n) is 0.250. The predicted octanol–water partition coefficient (Wildman–Crippen LogP) is -2.45. The van der Waals surface area contributed by atoms with Gasteiger partial charge in [0.2, 0.25) is 0 Å². The average molecular weight is 484 g/mol. The Labute approximate surface area is 135 Å². The standard InChI is InChI=1S/CH2O3.La.Nd.Pr/c2-1(3)4;;;/h(H2,2,3,4);;;/q;3*+3/p-2. The van der Waals surface area contributed by atoms with E-state index in [0.717, 1.165) is 0 Å². The smallest absolute Gasteiger partial charge is 0.652 e. The van der Waals surface area contributed by atoms with Gasteiger partial charge in [0.05, 0.1) is 0 Å². The first-order chi connectivity index (χ1) is 1.73. The third kappa shape index (κ3) is 46.8. The van der Waals surface area contributed by atoms with Crippen molar-refractivity contribution >= 4 is 6.16 Å². The second-order valence-corrected chi connectivity index (χ2v) is 0.250. The number of carbonyl (C=O) groups is 1. The van der Waals surface area contributed by atoms with Crippen molar-refractivity contribution in [1.29, 1.82) is 0 Å². The fourth-order valence-corrected chi connectivity index (χ4v) is 0. The number of carboxylic acid groups (broad SMARTS) is 2. The van der Waals surface area contributed by atoms with Crippen molar-refractivity contribution in [3.63, 3.8) is 0 Å². The summed E-state index contributed by atoms with van der Waals surface area (Å²) in [5.41, 5.74) is 0. The number of hydrogen-bond acceptors (Lipinski definition) is 3. The van der Waals surface area contributed by atoms with Gasteiger partial charge in [-0.2, -0.15) is 0 Å². The summed E-state index contributed by atoms with van der Waals surface area (Å²) in [6.07, 6.45) is -2.33. The molecule has 0 aliphatic carbocycles. The summed E-state index contributed by atoms with van der Waals surface area (Å²) in [6.45, 7) is 0. The van der Waals surface area contributed by atoms with Gasteiger partial charge in [-0.05, 0) is 6.16 Å². The van der Waals surface area contributed by atoms with E-state index in [-0.39, 0.29) is 118 Å². The van der Waals surface area contributed by atoms with Crippen molar-refractivity contribution in [2.75, 3.05) is 0 Å². The number of hydrogen-bond donors (Lipinski definition) is 0. The van der Waals surface area contributed by atoms with Crippen molar-refractivity contribution in [3.8, 4) is 0 Å². The molecule has 0 aromatic heterocycles. The summed E-state index contributed by atoms with van der Waals surface area (Å²) in [4.78, 5) is 8.33. The maximum atomic E-state index is 8.33. The van der Waals surface area contributed by atoms with E-state index in [0.29, 0.717) is 0 Å². The van der Waals surface area contributed by atoms with Crippen LogP contribution in [0, 0.1) is 118 Å². The fraction of sp³-hybridized carbons (Fsp3) is 0. The van der Waals surface area contributed by atoms with Crippen LogP contribution < -0.4 is 10.2 Å². The first-order valence-electron chi connectivity index (χ1n) is 0.612. The summed E-state index contributed by atoms with van der Waals surface area (Å²) >= 11 is 0. The first kappa shape index (κ1) is 22.5. The predicted molar refractivity (Wildman–Crippen MR) is 5.40 cm³/mol. The molecule has 0 heterocycles. The minimum Gasteiger partial charge on any atom is -0.652 e. The van der Waals surface area contributed by atoms with E-state index in [1.165, 1.54) is 0 Å². The van der Waals surface area contributed by atoms with Crippen molar-refractivity contribution in [2.24, 2.45) is 0 Å². The Morgan fingerprint density at radius 1 is 1.29 bits per heavy atom. The van der Waals surface area contributed by atoms with Gasteiger partial charge >= 0.3 is 118 Å². The Hall–Kier alpha value is 3.18. The second kappa shape index (κ2) is 16.1. The molecule has 0 bridgehead atoms. The summed E-state index contributed by atoms with van der Waals surface area (Å²) in [7, 11) is 0. The molecule has 1 radical (unpaired) electrons. The van der Waals surface area contributed by atoms with E-state index >= 15 is 0 Å². The van der Waals surface area contributed by atoms with Gasteiger partial charge in [-0.25, -0.2) is 0 Å². The molecule has 0 aliphatic rings. The van der Waals surface area contributed by atoms with E-state index < -0.39 is 6.16 Å². The summed E-state index contributed by atoms with van der Waals surface area (Å²) in [5.74, 6) is 0. The van der Waals surface area contributed by atoms with Gasteiger partial charge < -0.3 is 15.0 Å². The molecule has 3 nitrogen and oxygen atoms in total. The summed E-state index contributed by atoms with van der Waals surface area (Å²) in [5, 5.41) is 16.7. The van der Waals surface area contributed by atoms with E-state index in [9.17, 15) is 0 Å². The molecule has 0 saturated carbocycles. The molecular weight excluding hydrogens is 484 g/mol. The number of rotatable bonds is 0. The van der Waals surface area contributed by atoms with Crippen LogP contribution in [0.3, 0.4) is 0 Å². The van der Waals surface area contributed by atoms with E-state index in [1.807, 2.05) is 0 Å². The van der Waals surface area contributed by atoms with Gasteiger partial charge in [0.1, 0.15) is 0 Å². The van der Waals surface area contributed by atoms with Crippen LogP contribution in [0.1, 0.15) is 0 Å². The van der Waals surface area contributed by atoms with Gasteiger partial charge in [0.25, 0.3) is 0 Å². The van der Waals surface area contributed by atoms with Crippen molar-refractivity contribution in [1.82, 2.24) is 0 Å². The monoisotopic (exact) mass is 482 g/mol. The Balaban J connectivity index is -0.0000000150. The molecule has 0 rings (SSSR count). The van der Waals surface area contributed by atoms with Crippen LogP contribution in [0.4, 0.5) is 4.79 Å².